The van der Waals surface area contributed by atoms with Crippen LogP contribution < -0.4 is 14.8 Å². The van der Waals surface area contributed by atoms with E-state index in [1.165, 1.54) is 7.11 Å². The van der Waals surface area contributed by atoms with Crippen molar-refractivity contribution in [2.24, 2.45) is 0 Å². The molecule has 0 saturated carbocycles. The van der Waals surface area contributed by atoms with E-state index < -0.39 is 5.97 Å². The molecule has 3 aromatic rings. The van der Waals surface area contributed by atoms with E-state index in [0.717, 1.165) is 16.9 Å². The second-order valence-corrected chi connectivity index (χ2v) is 6.63. The quantitative estimate of drug-likeness (QED) is 0.520. The van der Waals surface area contributed by atoms with E-state index in [1.54, 1.807) is 25.3 Å². The number of hydrogen-bond acceptors (Lipinski definition) is 8. The van der Waals surface area contributed by atoms with Gasteiger partial charge in [-0.2, -0.15) is 4.98 Å². The first-order chi connectivity index (χ1) is 15.0. The summed E-state index contributed by atoms with van der Waals surface area (Å²) in [6.45, 7) is 1.66. The minimum Gasteiger partial charge on any atom is -0.497 e. The van der Waals surface area contributed by atoms with Gasteiger partial charge in [0.1, 0.15) is 11.5 Å². The first-order valence-corrected chi connectivity index (χ1v) is 9.55. The van der Waals surface area contributed by atoms with E-state index >= 15 is 0 Å². The summed E-state index contributed by atoms with van der Waals surface area (Å²) in [5.41, 5.74) is 2.25. The van der Waals surface area contributed by atoms with Crippen molar-refractivity contribution in [2.75, 3.05) is 26.1 Å². The second kappa shape index (κ2) is 10.2. The molecule has 0 aliphatic rings. The van der Waals surface area contributed by atoms with Crippen molar-refractivity contribution in [3.63, 3.8) is 0 Å². The van der Waals surface area contributed by atoms with Gasteiger partial charge < -0.3 is 24.1 Å². The minimum atomic E-state index is -0.466. The maximum absolute atomic E-state index is 12.3. The van der Waals surface area contributed by atoms with Crippen LogP contribution in [0.1, 0.15) is 17.9 Å². The number of nitrogens with one attached hydrogen (secondary N) is 1. The Morgan fingerprint density at radius 3 is 2.48 bits per heavy atom. The normalized spacial score (nSPS) is 10.4. The Kier molecular flexibility index (Phi) is 7.21. The van der Waals surface area contributed by atoms with Crippen molar-refractivity contribution in [1.82, 2.24) is 10.1 Å². The van der Waals surface area contributed by atoms with Gasteiger partial charge in [-0.15, -0.1) is 0 Å². The fourth-order valence-corrected chi connectivity index (χ4v) is 2.71. The number of carbonyl (C=O) groups excluding carboxylic acids is 2. The Morgan fingerprint density at radius 2 is 1.81 bits per heavy atom. The van der Waals surface area contributed by atoms with Gasteiger partial charge in [0.2, 0.25) is 17.6 Å². The molecular weight excluding hydrogens is 402 g/mol. The molecule has 3 rings (SSSR count). The van der Waals surface area contributed by atoms with Crippen LogP contribution in [0.2, 0.25) is 0 Å². The molecule has 0 radical (unpaired) electrons. The molecule has 9 heteroatoms. The van der Waals surface area contributed by atoms with Gasteiger partial charge in [-0.05, 0) is 55.0 Å². The molecular formula is C22H23N3O6. The first kappa shape index (κ1) is 21.8. The molecule has 0 atom stereocenters. The number of esters is 1. The van der Waals surface area contributed by atoms with Crippen LogP contribution in [0.3, 0.4) is 0 Å². The third-order valence-corrected chi connectivity index (χ3v) is 4.44. The number of aromatic nitrogens is 2. The molecule has 0 bridgehead atoms. The van der Waals surface area contributed by atoms with E-state index in [4.69, 9.17) is 14.0 Å². The molecule has 0 aliphatic heterocycles. The van der Waals surface area contributed by atoms with Gasteiger partial charge in [0.25, 0.3) is 0 Å². The lowest BCUT2D eigenvalue weighted by Crippen LogP contribution is -2.14. The Labute approximate surface area is 179 Å². The molecule has 9 nitrogen and oxygen atoms in total. The average molecular weight is 425 g/mol. The lowest BCUT2D eigenvalue weighted by atomic mass is 10.2. The second-order valence-electron chi connectivity index (χ2n) is 6.63. The summed E-state index contributed by atoms with van der Waals surface area (Å²) in [5.74, 6) is 1.43. The summed E-state index contributed by atoms with van der Waals surface area (Å²) in [6, 6.07) is 12.4. The fourth-order valence-electron chi connectivity index (χ4n) is 2.71. The monoisotopic (exact) mass is 425 g/mol. The molecule has 0 spiro atoms. The Bertz CT molecular complexity index is 1050. The van der Waals surface area contributed by atoms with Gasteiger partial charge in [-0.3, -0.25) is 4.79 Å². The van der Waals surface area contributed by atoms with Crippen molar-refractivity contribution in [3.8, 4) is 22.9 Å². The Hall–Kier alpha value is -3.88. The minimum absolute atomic E-state index is 0.176. The molecule has 0 fully saturated rings. The average Bonchev–Trinajstić information content (AvgIpc) is 3.27. The highest BCUT2D eigenvalue weighted by atomic mass is 16.6. The summed E-state index contributed by atoms with van der Waals surface area (Å²) in [7, 11) is 2.89. The van der Waals surface area contributed by atoms with Crippen LogP contribution in [0.4, 0.5) is 5.69 Å². The van der Waals surface area contributed by atoms with Crippen LogP contribution in [-0.2, 0) is 20.7 Å². The highest BCUT2D eigenvalue weighted by Gasteiger charge is 2.12. The largest absolute Gasteiger partial charge is 0.497 e. The van der Waals surface area contributed by atoms with Gasteiger partial charge in [0, 0.05) is 24.1 Å². The van der Waals surface area contributed by atoms with Gasteiger partial charge in [-0.25, -0.2) is 4.79 Å². The van der Waals surface area contributed by atoms with Crippen LogP contribution in [-0.4, -0.2) is 42.8 Å². The van der Waals surface area contributed by atoms with Crippen molar-refractivity contribution in [1.29, 1.82) is 0 Å². The van der Waals surface area contributed by atoms with Gasteiger partial charge in [-0.1, -0.05) is 5.16 Å². The molecule has 0 aliphatic carbocycles. The van der Waals surface area contributed by atoms with Crippen molar-refractivity contribution < 1.29 is 28.3 Å². The Morgan fingerprint density at radius 1 is 1.06 bits per heavy atom. The van der Waals surface area contributed by atoms with Gasteiger partial charge in [0.05, 0.1) is 14.2 Å². The first-order valence-electron chi connectivity index (χ1n) is 9.55. The zero-order valence-corrected chi connectivity index (χ0v) is 17.5. The molecule has 162 valence electrons. The number of methoxy groups -OCH3 is 2. The van der Waals surface area contributed by atoms with E-state index in [1.807, 2.05) is 31.2 Å². The predicted molar refractivity (Wildman–Crippen MR) is 112 cm³/mol. The van der Waals surface area contributed by atoms with Crippen LogP contribution >= 0.6 is 0 Å². The molecule has 1 N–H and O–H groups in total. The standard InChI is InChI=1S/C22H23N3O6/c1-14-12-17(30-13-21(27)29-3)8-9-18(14)23-19(26)10-11-20-24-22(25-31-20)15-4-6-16(28-2)7-5-15/h4-9,12H,10-11,13H2,1-3H3,(H,23,26). The molecule has 31 heavy (non-hydrogen) atoms. The molecule has 1 aromatic heterocycles. The predicted octanol–water partition coefficient (Wildman–Crippen LogP) is 3.18. The van der Waals surface area contributed by atoms with Crippen LogP contribution in [0.5, 0.6) is 11.5 Å². The van der Waals surface area contributed by atoms with E-state index in [0.29, 0.717) is 29.6 Å². The number of amides is 1. The van der Waals surface area contributed by atoms with E-state index in [2.05, 4.69) is 20.2 Å². The smallest absolute Gasteiger partial charge is 0.343 e. The number of carbonyl (C=O) groups is 2. The maximum atomic E-state index is 12.3. The summed E-state index contributed by atoms with van der Waals surface area (Å²) >= 11 is 0. The number of anilines is 1. The van der Waals surface area contributed by atoms with Crippen LogP contribution in [0.15, 0.2) is 47.0 Å². The lowest BCUT2D eigenvalue weighted by Gasteiger charge is -2.10. The zero-order valence-electron chi connectivity index (χ0n) is 17.5. The highest BCUT2D eigenvalue weighted by Crippen LogP contribution is 2.22. The highest BCUT2D eigenvalue weighted by molar-refractivity contribution is 5.91. The number of benzene rings is 2. The molecule has 2 aromatic carbocycles. The summed E-state index contributed by atoms with van der Waals surface area (Å²) < 4.78 is 20.2. The fraction of sp³-hybridized carbons (Fsp3) is 0.273. The van der Waals surface area contributed by atoms with E-state index in [9.17, 15) is 9.59 Å². The van der Waals surface area contributed by atoms with Crippen molar-refractivity contribution in [2.45, 2.75) is 19.8 Å². The number of ether oxygens (including phenoxy) is 3. The Balaban J connectivity index is 1.52. The summed E-state index contributed by atoms with van der Waals surface area (Å²) in [6.07, 6.45) is 0.499. The van der Waals surface area contributed by atoms with Gasteiger partial charge >= 0.3 is 5.97 Å². The molecule has 0 unspecified atom stereocenters. The third kappa shape index (κ3) is 6.05. The molecule has 0 saturated heterocycles. The zero-order chi connectivity index (χ0) is 22.2. The molecule has 1 amide bonds. The van der Waals surface area contributed by atoms with Crippen molar-refractivity contribution >= 4 is 17.6 Å². The summed E-state index contributed by atoms with van der Waals surface area (Å²) in [5, 5.41) is 6.80. The third-order valence-electron chi connectivity index (χ3n) is 4.44. The van der Waals surface area contributed by atoms with Crippen molar-refractivity contribution in [3.05, 3.63) is 53.9 Å². The van der Waals surface area contributed by atoms with Crippen LogP contribution in [0, 0.1) is 6.92 Å². The number of rotatable bonds is 9. The SMILES string of the molecule is COC(=O)COc1ccc(NC(=O)CCc2nc(-c3ccc(OC)cc3)no2)c(C)c1. The summed E-state index contributed by atoms with van der Waals surface area (Å²) in [4.78, 5) is 27.8. The maximum Gasteiger partial charge on any atom is 0.343 e. The lowest BCUT2D eigenvalue weighted by molar-refractivity contribution is -0.142. The number of aryl methyl sites for hydroxylation is 2. The number of nitrogens with zero attached hydrogens (tertiary/aromatic N) is 2. The van der Waals surface area contributed by atoms with E-state index in [-0.39, 0.29) is 18.9 Å². The van der Waals surface area contributed by atoms with Gasteiger partial charge in [0.15, 0.2) is 6.61 Å². The molecule has 1 heterocycles. The number of hydrogen-bond donors (Lipinski definition) is 1. The van der Waals surface area contributed by atoms with Crippen LogP contribution in [0.25, 0.3) is 11.4 Å². The topological polar surface area (TPSA) is 113 Å².